The Morgan fingerprint density at radius 2 is 0.537 bits per heavy atom. The molecule has 0 aliphatic rings. The van der Waals surface area contributed by atoms with Gasteiger partial charge < -0.3 is 33.8 Å². The van der Waals surface area contributed by atoms with Crippen molar-refractivity contribution in [2.45, 2.75) is 407 Å². The molecule has 0 rings (SSSR count). The molecule has 0 saturated carbocycles. The third-order valence-corrected chi connectivity index (χ3v) is 20.3. The molecular formula is C76H148O17P2. The van der Waals surface area contributed by atoms with Crippen LogP contribution in [0.2, 0.25) is 0 Å². The van der Waals surface area contributed by atoms with E-state index in [0.29, 0.717) is 25.7 Å². The fourth-order valence-electron chi connectivity index (χ4n) is 11.5. The Labute approximate surface area is 581 Å². The number of esters is 4. The van der Waals surface area contributed by atoms with E-state index in [4.69, 9.17) is 37.0 Å². The molecule has 0 aromatic rings. The van der Waals surface area contributed by atoms with Crippen LogP contribution in [0.3, 0.4) is 0 Å². The molecule has 7 atom stereocenters. The van der Waals surface area contributed by atoms with E-state index in [2.05, 4.69) is 48.5 Å². The highest BCUT2D eigenvalue weighted by Crippen LogP contribution is 2.45. The van der Waals surface area contributed by atoms with Gasteiger partial charge in [-0.1, -0.05) is 337 Å². The van der Waals surface area contributed by atoms with Crippen LogP contribution < -0.4 is 0 Å². The van der Waals surface area contributed by atoms with E-state index in [1.165, 1.54) is 199 Å². The van der Waals surface area contributed by atoms with Crippen LogP contribution in [-0.4, -0.2) is 96.7 Å². The van der Waals surface area contributed by atoms with Gasteiger partial charge in [-0.05, 0) is 43.4 Å². The predicted molar refractivity (Wildman–Crippen MR) is 386 cm³/mol. The number of aliphatic hydroxyl groups excluding tert-OH is 1. The zero-order valence-electron chi connectivity index (χ0n) is 62.1. The summed E-state index contributed by atoms with van der Waals surface area (Å²) >= 11 is 0. The maximum Gasteiger partial charge on any atom is 0.472 e. The Kier molecular flexibility index (Phi) is 65.2. The normalized spacial score (nSPS) is 14.6. The molecule has 0 bridgehead atoms. The fourth-order valence-corrected chi connectivity index (χ4v) is 13.1. The Bertz CT molecular complexity index is 1860. The first-order chi connectivity index (χ1) is 45.8. The largest absolute Gasteiger partial charge is 0.472 e. The van der Waals surface area contributed by atoms with Gasteiger partial charge in [-0.3, -0.25) is 37.3 Å². The maximum absolute atomic E-state index is 13.1. The second-order valence-electron chi connectivity index (χ2n) is 28.4. The van der Waals surface area contributed by atoms with Crippen molar-refractivity contribution >= 4 is 39.5 Å². The van der Waals surface area contributed by atoms with Gasteiger partial charge >= 0.3 is 39.5 Å². The van der Waals surface area contributed by atoms with E-state index in [0.717, 1.165) is 108 Å². The van der Waals surface area contributed by atoms with Gasteiger partial charge in [0.15, 0.2) is 12.2 Å². The van der Waals surface area contributed by atoms with Crippen LogP contribution in [0.1, 0.15) is 389 Å². The summed E-state index contributed by atoms with van der Waals surface area (Å²) in [6, 6.07) is 0. The molecule has 4 unspecified atom stereocenters. The van der Waals surface area contributed by atoms with Crippen molar-refractivity contribution in [2.24, 2.45) is 17.8 Å². The summed E-state index contributed by atoms with van der Waals surface area (Å²) in [7, 11) is -9.91. The smallest absolute Gasteiger partial charge is 0.462 e. The Morgan fingerprint density at radius 3 is 0.800 bits per heavy atom. The lowest BCUT2D eigenvalue weighted by Gasteiger charge is -2.21. The monoisotopic (exact) mass is 1400 g/mol. The minimum Gasteiger partial charge on any atom is -0.462 e. The summed E-state index contributed by atoms with van der Waals surface area (Å²) in [6.07, 6.45) is 52.4. The number of unbranched alkanes of at least 4 members (excludes halogenated alkanes) is 40. The summed E-state index contributed by atoms with van der Waals surface area (Å²) < 4.78 is 68.6. The lowest BCUT2D eigenvalue weighted by molar-refractivity contribution is -0.161. The highest BCUT2D eigenvalue weighted by atomic mass is 31.2. The Hall–Kier alpha value is -1.94. The van der Waals surface area contributed by atoms with Crippen LogP contribution in [0.25, 0.3) is 0 Å². The number of carbonyl (C=O) groups is 4. The summed E-state index contributed by atoms with van der Waals surface area (Å²) in [4.78, 5) is 72.9. The van der Waals surface area contributed by atoms with Crippen molar-refractivity contribution in [3.8, 4) is 0 Å². The first kappa shape index (κ1) is 93.1. The minimum absolute atomic E-state index is 0.106. The lowest BCUT2D eigenvalue weighted by atomic mass is 9.99. The van der Waals surface area contributed by atoms with Crippen LogP contribution in [0.4, 0.5) is 0 Å². The van der Waals surface area contributed by atoms with Crippen LogP contribution in [0.5, 0.6) is 0 Å². The van der Waals surface area contributed by atoms with Gasteiger partial charge in [0.1, 0.15) is 19.3 Å². The second-order valence-corrected chi connectivity index (χ2v) is 31.3. The van der Waals surface area contributed by atoms with Crippen molar-refractivity contribution < 1.29 is 80.2 Å². The van der Waals surface area contributed by atoms with Gasteiger partial charge in [-0.25, -0.2) is 9.13 Å². The molecule has 0 saturated heterocycles. The Balaban J connectivity index is 5.28. The van der Waals surface area contributed by atoms with Gasteiger partial charge in [0.05, 0.1) is 26.4 Å². The topological polar surface area (TPSA) is 237 Å². The highest BCUT2D eigenvalue weighted by Gasteiger charge is 2.30. The average Bonchev–Trinajstić information content (AvgIpc) is 1.54. The molecule has 0 aliphatic carbocycles. The van der Waals surface area contributed by atoms with Crippen LogP contribution in [0, 0.1) is 17.8 Å². The summed E-state index contributed by atoms with van der Waals surface area (Å²) in [5, 5.41) is 10.6. The zero-order chi connectivity index (χ0) is 70.1. The van der Waals surface area contributed by atoms with Crippen molar-refractivity contribution in [2.75, 3.05) is 39.6 Å². The quantitative estimate of drug-likeness (QED) is 0.0222. The number of hydrogen-bond acceptors (Lipinski definition) is 15. The minimum atomic E-state index is -4.96. The van der Waals surface area contributed by atoms with E-state index < -0.39 is 97.5 Å². The van der Waals surface area contributed by atoms with Crippen molar-refractivity contribution in [1.29, 1.82) is 0 Å². The third kappa shape index (κ3) is 67.6. The molecule has 0 fully saturated rings. The molecule has 0 spiro atoms. The van der Waals surface area contributed by atoms with Crippen molar-refractivity contribution in [1.82, 2.24) is 0 Å². The number of hydrogen-bond donors (Lipinski definition) is 3. The molecule has 17 nitrogen and oxygen atoms in total. The zero-order valence-corrected chi connectivity index (χ0v) is 63.9. The molecule has 3 N–H and O–H groups in total. The van der Waals surface area contributed by atoms with E-state index in [9.17, 15) is 43.2 Å². The molecule has 0 aliphatic heterocycles. The summed E-state index contributed by atoms with van der Waals surface area (Å²) in [6.45, 7) is 12.0. The van der Waals surface area contributed by atoms with E-state index in [1.807, 2.05) is 0 Å². The van der Waals surface area contributed by atoms with Crippen LogP contribution >= 0.6 is 15.6 Å². The van der Waals surface area contributed by atoms with Gasteiger partial charge in [-0.15, -0.1) is 0 Å². The molecule has 95 heavy (non-hydrogen) atoms. The number of ether oxygens (including phenoxy) is 4. The van der Waals surface area contributed by atoms with Gasteiger partial charge in [0, 0.05) is 25.7 Å². The lowest BCUT2D eigenvalue weighted by Crippen LogP contribution is -2.30. The average molecular weight is 1400 g/mol. The number of phosphoric acid groups is 2. The van der Waals surface area contributed by atoms with Crippen LogP contribution in [0.15, 0.2) is 0 Å². The number of rotatable bonds is 74. The SMILES string of the molecule is CCCCCCCCCCCCCCCC(=O)OC[C@H](COP(=O)(O)OC[C@H](O)COP(=O)(O)OC[C@@H](COC(=O)CCCCCCCCCCCCC(C)CC)OC(=O)CCCCCCCCCCCCCC(C)C)OC(=O)CCCCCCCCCCCCC(C)CC. The van der Waals surface area contributed by atoms with Gasteiger partial charge in [0.25, 0.3) is 0 Å². The molecule has 0 amide bonds. The summed E-state index contributed by atoms with van der Waals surface area (Å²) in [5.74, 6) is 0.262. The van der Waals surface area contributed by atoms with Gasteiger partial charge in [-0.2, -0.15) is 0 Å². The molecular weight excluding hydrogens is 1250 g/mol. The standard InChI is InChI=1S/C76H148O17P2/c1-8-11-12-13-14-15-16-17-20-29-36-43-50-57-73(78)86-63-72(93-76(81)60-53-46-39-32-25-23-28-35-42-49-56-69(7)10-3)66-91-95(84,85)89-62-70(77)61-88-94(82,83)90-65-71(92-75(80)59-52-45-38-31-21-18-19-26-33-40-47-54-67(4)5)64-87-74(79)58-51-44-37-30-24-22-27-34-41-48-55-68(6)9-2/h67-72,77H,8-66H2,1-7H3,(H,82,83)(H,84,85)/t68?,69?,70-,71-,72-/m1/s1. The number of carbonyl (C=O) groups excluding carboxylic acids is 4. The number of aliphatic hydroxyl groups is 1. The van der Waals surface area contributed by atoms with E-state index in [1.54, 1.807) is 0 Å². The molecule has 0 heterocycles. The van der Waals surface area contributed by atoms with E-state index in [-0.39, 0.29) is 25.7 Å². The second kappa shape index (κ2) is 66.6. The van der Waals surface area contributed by atoms with Crippen molar-refractivity contribution in [3.63, 3.8) is 0 Å². The predicted octanol–water partition coefficient (Wildman–Crippen LogP) is 22.2. The molecule has 0 aromatic heterocycles. The molecule has 0 aromatic carbocycles. The first-order valence-corrected chi connectivity index (χ1v) is 42.4. The number of phosphoric ester groups is 2. The maximum atomic E-state index is 13.1. The third-order valence-electron chi connectivity index (χ3n) is 18.4. The molecule has 19 heteroatoms. The molecule has 0 radical (unpaired) electrons. The summed E-state index contributed by atoms with van der Waals surface area (Å²) in [5.41, 5.74) is 0. The highest BCUT2D eigenvalue weighted by molar-refractivity contribution is 7.47. The van der Waals surface area contributed by atoms with Crippen LogP contribution in [-0.2, 0) is 65.4 Å². The molecule has 564 valence electrons. The van der Waals surface area contributed by atoms with E-state index >= 15 is 0 Å². The van der Waals surface area contributed by atoms with Gasteiger partial charge in [0.2, 0.25) is 0 Å². The fraction of sp³-hybridized carbons (Fsp3) is 0.947. The van der Waals surface area contributed by atoms with Crippen molar-refractivity contribution in [3.05, 3.63) is 0 Å². The first-order valence-electron chi connectivity index (χ1n) is 39.4. The Morgan fingerprint density at radius 1 is 0.305 bits per heavy atom.